The van der Waals surface area contributed by atoms with E-state index < -0.39 is 10.0 Å². The lowest BCUT2D eigenvalue weighted by molar-refractivity contribution is -0.121. The molecule has 1 N–H and O–H groups in total. The lowest BCUT2D eigenvalue weighted by atomic mass is 10.4. The number of hydrogen-bond acceptors (Lipinski definition) is 3. The zero-order chi connectivity index (χ0) is 11.8. The Bertz CT molecular complexity index is 372. The number of sulfonamides is 1. The summed E-state index contributed by atoms with van der Waals surface area (Å²) < 4.78 is 24.4. The van der Waals surface area contributed by atoms with E-state index in [0.717, 1.165) is 25.7 Å². The van der Waals surface area contributed by atoms with Crippen LogP contribution < -0.4 is 5.32 Å². The van der Waals surface area contributed by atoms with Gasteiger partial charge in [0, 0.05) is 25.0 Å². The lowest BCUT2D eigenvalue weighted by Gasteiger charge is -2.18. The van der Waals surface area contributed by atoms with Crippen molar-refractivity contribution in [1.29, 1.82) is 0 Å². The summed E-state index contributed by atoms with van der Waals surface area (Å²) >= 11 is 0. The second kappa shape index (κ2) is 4.33. The van der Waals surface area contributed by atoms with Crippen LogP contribution in [0.2, 0.25) is 0 Å². The van der Waals surface area contributed by atoms with E-state index in [0.29, 0.717) is 12.6 Å². The molecule has 92 valence electrons. The topological polar surface area (TPSA) is 66.5 Å². The van der Waals surface area contributed by atoms with Crippen LogP contribution in [0.15, 0.2) is 0 Å². The van der Waals surface area contributed by atoms with Crippen molar-refractivity contribution in [2.24, 2.45) is 0 Å². The molecule has 0 aromatic heterocycles. The fourth-order valence-corrected chi connectivity index (χ4v) is 2.90. The van der Waals surface area contributed by atoms with Gasteiger partial charge in [0.15, 0.2) is 0 Å². The SMILES string of the molecule is CS(=O)(=O)N(CCC(=O)NC1CC1)C1CC1. The Morgan fingerprint density at radius 1 is 1.31 bits per heavy atom. The molecule has 6 heteroatoms. The zero-order valence-corrected chi connectivity index (χ0v) is 10.3. The van der Waals surface area contributed by atoms with Crippen LogP contribution in [-0.2, 0) is 14.8 Å². The molecule has 5 nitrogen and oxygen atoms in total. The summed E-state index contributed by atoms with van der Waals surface area (Å²) in [7, 11) is -3.16. The summed E-state index contributed by atoms with van der Waals surface area (Å²) in [6.07, 6.45) is 5.47. The third kappa shape index (κ3) is 3.45. The first-order chi connectivity index (χ1) is 7.47. The second-order valence-electron chi connectivity index (χ2n) is 4.70. The van der Waals surface area contributed by atoms with Crippen LogP contribution in [0.25, 0.3) is 0 Å². The predicted molar refractivity (Wildman–Crippen MR) is 60.4 cm³/mol. The van der Waals surface area contributed by atoms with E-state index in [1.807, 2.05) is 0 Å². The maximum Gasteiger partial charge on any atom is 0.221 e. The number of carbonyl (C=O) groups excluding carboxylic acids is 1. The Balaban J connectivity index is 1.79. The van der Waals surface area contributed by atoms with Crippen molar-refractivity contribution in [3.8, 4) is 0 Å². The second-order valence-corrected chi connectivity index (χ2v) is 6.63. The van der Waals surface area contributed by atoms with Gasteiger partial charge in [-0.05, 0) is 25.7 Å². The average molecular weight is 246 g/mol. The molecule has 2 aliphatic carbocycles. The number of nitrogens with zero attached hydrogens (tertiary/aromatic N) is 1. The summed E-state index contributed by atoms with van der Waals surface area (Å²) in [4.78, 5) is 11.4. The molecule has 0 aliphatic heterocycles. The van der Waals surface area contributed by atoms with Gasteiger partial charge in [-0.1, -0.05) is 0 Å². The minimum absolute atomic E-state index is 0.0307. The van der Waals surface area contributed by atoms with Crippen molar-refractivity contribution < 1.29 is 13.2 Å². The van der Waals surface area contributed by atoms with Crippen LogP contribution in [0.1, 0.15) is 32.1 Å². The third-order valence-electron chi connectivity index (χ3n) is 2.88. The molecule has 0 aromatic carbocycles. The fraction of sp³-hybridized carbons (Fsp3) is 0.900. The maximum absolute atomic E-state index is 11.5. The van der Waals surface area contributed by atoms with Crippen LogP contribution in [0.5, 0.6) is 0 Å². The van der Waals surface area contributed by atoms with Gasteiger partial charge in [0.2, 0.25) is 15.9 Å². The zero-order valence-electron chi connectivity index (χ0n) is 9.48. The van der Waals surface area contributed by atoms with Crippen molar-refractivity contribution in [2.45, 2.75) is 44.2 Å². The smallest absolute Gasteiger partial charge is 0.221 e. The summed E-state index contributed by atoms with van der Waals surface area (Å²) in [5.74, 6) is -0.0307. The third-order valence-corrected chi connectivity index (χ3v) is 4.21. The Labute approximate surface area is 96.2 Å². The van der Waals surface area contributed by atoms with E-state index >= 15 is 0 Å². The Morgan fingerprint density at radius 2 is 1.94 bits per heavy atom. The summed E-state index contributed by atoms with van der Waals surface area (Å²) in [6.45, 7) is 0.321. The van der Waals surface area contributed by atoms with Gasteiger partial charge in [-0.25, -0.2) is 8.42 Å². The van der Waals surface area contributed by atoms with Gasteiger partial charge in [-0.3, -0.25) is 4.79 Å². The fourth-order valence-electron chi connectivity index (χ4n) is 1.72. The van der Waals surface area contributed by atoms with Gasteiger partial charge in [-0.2, -0.15) is 4.31 Å². The molecule has 0 atom stereocenters. The van der Waals surface area contributed by atoms with E-state index in [4.69, 9.17) is 0 Å². The minimum Gasteiger partial charge on any atom is -0.353 e. The Kier molecular flexibility index (Phi) is 3.21. The van der Waals surface area contributed by atoms with Crippen LogP contribution in [0.4, 0.5) is 0 Å². The molecular weight excluding hydrogens is 228 g/mol. The first-order valence-corrected chi connectivity index (χ1v) is 7.58. The number of rotatable bonds is 6. The molecule has 2 fully saturated rings. The summed E-state index contributed by atoms with van der Waals surface area (Å²) in [6, 6.07) is 0.490. The first kappa shape index (κ1) is 11.9. The highest BCUT2D eigenvalue weighted by molar-refractivity contribution is 7.88. The molecule has 0 unspecified atom stereocenters. The van der Waals surface area contributed by atoms with Crippen LogP contribution in [0, 0.1) is 0 Å². The molecule has 0 aromatic rings. The highest BCUT2D eigenvalue weighted by Gasteiger charge is 2.35. The van der Waals surface area contributed by atoms with E-state index in [1.165, 1.54) is 10.6 Å². The molecule has 0 saturated heterocycles. The number of carbonyl (C=O) groups is 1. The van der Waals surface area contributed by atoms with Crippen molar-refractivity contribution in [1.82, 2.24) is 9.62 Å². The van der Waals surface area contributed by atoms with Crippen LogP contribution >= 0.6 is 0 Å². The largest absolute Gasteiger partial charge is 0.353 e. The standard InChI is InChI=1S/C10H18N2O3S/c1-16(14,15)12(9-4-5-9)7-6-10(13)11-8-2-3-8/h8-9H,2-7H2,1H3,(H,11,13). The normalized spacial score (nSPS) is 21.1. The van der Waals surface area contributed by atoms with Crippen LogP contribution in [0.3, 0.4) is 0 Å². The van der Waals surface area contributed by atoms with Gasteiger partial charge >= 0.3 is 0 Å². The number of nitrogens with one attached hydrogen (secondary N) is 1. The molecule has 16 heavy (non-hydrogen) atoms. The summed E-state index contributed by atoms with van der Waals surface area (Å²) in [5.41, 5.74) is 0. The Morgan fingerprint density at radius 3 is 2.38 bits per heavy atom. The Hall–Kier alpha value is -0.620. The molecule has 2 aliphatic rings. The van der Waals surface area contributed by atoms with Gasteiger partial charge in [0.25, 0.3) is 0 Å². The molecule has 0 radical (unpaired) electrons. The van der Waals surface area contributed by atoms with Crippen molar-refractivity contribution in [3.63, 3.8) is 0 Å². The number of hydrogen-bond donors (Lipinski definition) is 1. The highest BCUT2D eigenvalue weighted by Crippen LogP contribution is 2.28. The monoisotopic (exact) mass is 246 g/mol. The van der Waals surface area contributed by atoms with Crippen LogP contribution in [-0.4, -0.2) is 43.5 Å². The number of amides is 1. The molecule has 0 bridgehead atoms. The van der Waals surface area contributed by atoms with Gasteiger partial charge < -0.3 is 5.32 Å². The molecule has 2 rings (SSSR count). The van der Waals surface area contributed by atoms with E-state index in [2.05, 4.69) is 5.32 Å². The predicted octanol–water partition coefficient (Wildman–Crippen LogP) is 0.0791. The minimum atomic E-state index is -3.16. The first-order valence-electron chi connectivity index (χ1n) is 5.73. The van der Waals surface area contributed by atoms with E-state index in [-0.39, 0.29) is 18.4 Å². The van der Waals surface area contributed by atoms with Gasteiger partial charge in [0.05, 0.1) is 6.26 Å². The molecule has 0 spiro atoms. The quantitative estimate of drug-likeness (QED) is 0.721. The van der Waals surface area contributed by atoms with E-state index in [9.17, 15) is 13.2 Å². The molecule has 0 heterocycles. The summed E-state index contributed by atoms with van der Waals surface area (Å²) in [5, 5.41) is 2.86. The lowest BCUT2D eigenvalue weighted by Crippen LogP contribution is -2.36. The van der Waals surface area contributed by atoms with Gasteiger partial charge in [-0.15, -0.1) is 0 Å². The average Bonchev–Trinajstić information content (AvgIpc) is 2.94. The maximum atomic E-state index is 11.5. The van der Waals surface area contributed by atoms with Crippen molar-refractivity contribution >= 4 is 15.9 Å². The van der Waals surface area contributed by atoms with Crippen molar-refractivity contribution in [3.05, 3.63) is 0 Å². The van der Waals surface area contributed by atoms with E-state index in [1.54, 1.807) is 0 Å². The highest BCUT2D eigenvalue weighted by atomic mass is 32.2. The van der Waals surface area contributed by atoms with Gasteiger partial charge in [0.1, 0.15) is 0 Å². The van der Waals surface area contributed by atoms with Crippen molar-refractivity contribution in [2.75, 3.05) is 12.8 Å². The molecule has 1 amide bonds. The molecule has 2 saturated carbocycles. The molecular formula is C10H18N2O3S.